The maximum atomic E-state index is 4.73. The van der Waals surface area contributed by atoms with Crippen molar-refractivity contribution in [1.82, 2.24) is 0 Å². The normalized spacial score (nSPS) is 18.7. The van der Waals surface area contributed by atoms with Gasteiger partial charge in [0.15, 0.2) is 0 Å². The largest absolute Gasteiger partial charge is 0.284 e. The molecule has 0 N–H and O–H groups in total. The minimum absolute atomic E-state index is 0.111. The monoisotopic (exact) mass is 253 g/mol. The predicted molar refractivity (Wildman–Crippen MR) is 79.8 cm³/mol. The Labute approximate surface area is 109 Å². The molecule has 3 rings (SSSR count). The number of nitrogens with zero attached hydrogens (tertiary/aromatic N) is 1. The lowest BCUT2D eigenvalue weighted by Crippen LogP contribution is -1.98. The molecule has 0 radical (unpaired) electrons. The maximum Gasteiger partial charge on any atom is 0.0651 e. The topological polar surface area (TPSA) is 12.4 Å². The van der Waals surface area contributed by atoms with Gasteiger partial charge in [0.1, 0.15) is 0 Å². The molecule has 2 aromatic carbocycles. The molecule has 1 unspecified atom stereocenters. The number of hydrogen-bond donors (Lipinski definition) is 0. The zero-order chi connectivity index (χ0) is 12.2. The number of benzene rings is 2. The highest BCUT2D eigenvalue weighted by Crippen LogP contribution is 2.46. The van der Waals surface area contributed by atoms with Gasteiger partial charge in [0.25, 0.3) is 0 Å². The van der Waals surface area contributed by atoms with Crippen molar-refractivity contribution in [2.45, 2.75) is 6.16 Å². The highest BCUT2D eigenvalue weighted by Gasteiger charge is 2.21. The van der Waals surface area contributed by atoms with Gasteiger partial charge >= 0.3 is 0 Å². The van der Waals surface area contributed by atoms with Crippen molar-refractivity contribution in [2.24, 2.45) is 4.99 Å². The van der Waals surface area contributed by atoms with E-state index in [4.69, 9.17) is 4.99 Å². The molecule has 0 aromatic heterocycles. The van der Waals surface area contributed by atoms with Crippen LogP contribution < -0.4 is 0 Å². The fourth-order valence-electron chi connectivity index (χ4n) is 2.30. The summed E-state index contributed by atoms with van der Waals surface area (Å²) >= 11 is 0. The molecule has 0 aliphatic carbocycles. The lowest BCUT2D eigenvalue weighted by molar-refractivity contribution is 1.17. The van der Waals surface area contributed by atoms with Gasteiger partial charge < -0.3 is 0 Å². The third-order valence-corrected chi connectivity index (χ3v) is 5.66. The van der Waals surface area contributed by atoms with Crippen molar-refractivity contribution in [2.75, 3.05) is 12.7 Å². The first kappa shape index (κ1) is 11.6. The third-order valence-electron chi connectivity index (χ3n) is 3.18. The summed E-state index contributed by atoms with van der Waals surface area (Å²) in [5, 5.41) is 0. The minimum atomic E-state index is -0.111. The third kappa shape index (κ3) is 2.52. The van der Waals surface area contributed by atoms with Crippen LogP contribution in [0.2, 0.25) is 0 Å². The van der Waals surface area contributed by atoms with E-state index < -0.39 is 0 Å². The highest BCUT2D eigenvalue weighted by atomic mass is 31.1. The van der Waals surface area contributed by atoms with E-state index >= 15 is 0 Å². The van der Waals surface area contributed by atoms with Crippen LogP contribution >= 0.6 is 7.92 Å². The Hall–Kier alpha value is -1.46. The summed E-state index contributed by atoms with van der Waals surface area (Å²) in [6, 6.07) is 21.4. The SMILES string of the molecule is c1ccc(CP2CCN=C2c2ccccc2)cc1. The molecule has 0 amide bonds. The summed E-state index contributed by atoms with van der Waals surface area (Å²) in [7, 11) is -0.111. The second kappa shape index (κ2) is 5.46. The summed E-state index contributed by atoms with van der Waals surface area (Å²) in [6.45, 7) is 1.00. The zero-order valence-electron chi connectivity index (χ0n) is 10.3. The molecule has 90 valence electrons. The Balaban J connectivity index is 1.80. The summed E-state index contributed by atoms with van der Waals surface area (Å²) in [5.74, 6) is 0. The van der Waals surface area contributed by atoms with Gasteiger partial charge in [-0.15, -0.1) is 0 Å². The van der Waals surface area contributed by atoms with Crippen molar-refractivity contribution >= 4 is 13.4 Å². The zero-order valence-corrected chi connectivity index (χ0v) is 11.2. The van der Waals surface area contributed by atoms with Crippen LogP contribution in [-0.4, -0.2) is 18.2 Å². The Morgan fingerprint density at radius 2 is 1.56 bits per heavy atom. The second-order valence-electron chi connectivity index (χ2n) is 4.48. The molecule has 2 heteroatoms. The fraction of sp³-hybridized carbons (Fsp3) is 0.188. The molecule has 0 fully saturated rings. The van der Waals surface area contributed by atoms with Gasteiger partial charge in [-0.05, 0) is 31.4 Å². The average Bonchev–Trinajstić information content (AvgIpc) is 2.89. The number of aliphatic imine (C=N–C) groups is 1. The molecule has 0 saturated heterocycles. The molecule has 0 bridgehead atoms. The van der Waals surface area contributed by atoms with Gasteiger partial charge in [-0.25, -0.2) is 0 Å². The van der Waals surface area contributed by atoms with Crippen LogP contribution in [-0.2, 0) is 6.16 Å². The first-order valence-corrected chi connectivity index (χ1v) is 8.03. The van der Waals surface area contributed by atoms with Crippen molar-refractivity contribution in [3.8, 4) is 0 Å². The molecule has 1 nitrogen and oxygen atoms in total. The molecule has 1 aliphatic rings. The van der Waals surface area contributed by atoms with Crippen molar-refractivity contribution < 1.29 is 0 Å². The van der Waals surface area contributed by atoms with Gasteiger partial charge in [-0.2, -0.15) is 0 Å². The summed E-state index contributed by atoms with van der Waals surface area (Å²) in [4.78, 5) is 4.73. The van der Waals surface area contributed by atoms with Gasteiger partial charge in [-0.1, -0.05) is 60.7 Å². The maximum absolute atomic E-state index is 4.73. The van der Waals surface area contributed by atoms with E-state index in [2.05, 4.69) is 60.7 Å². The van der Waals surface area contributed by atoms with Gasteiger partial charge in [0.05, 0.1) is 5.45 Å². The molecular formula is C16H16NP. The van der Waals surface area contributed by atoms with E-state index in [0.717, 1.165) is 6.54 Å². The second-order valence-corrected chi connectivity index (χ2v) is 6.75. The van der Waals surface area contributed by atoms with Crippen molar-refractivity contribution in [1.29, 1.82) is 0 Å². The van der Waals surface area contributed by atoms with E-state index in [-0.39, 0.29) is 7.92 Å². The average molecular weight is 253 g/mol. The van der Waals surface area contributed by atoms with E-state index in [1.807, 2.05) is 0 Å². The lowest BCUT2D eigenvalue weighted by Gasteiger charge is -2.14. The number of hydrogen-bond acceptors (Lipinski definition) is 1. The molecular weight excluding hydrogens is 237 g/mol. The first-order valence-electron chi connectivity index (χ1n) is 6.32. The van der Waals surface area contributed by atoms with Gasteiger partial charge in [-0.3, -0.25) is 4.99 Å². The van der Waals surface area contributed by atoms with Crippen LogP contribution in [0.15, 0.2) is 65.7 Å². The Bertz CT molecular complexity index is 534. The molecule has 0 spiro atoms. The van der Waals surface area contributed by atoms with Gasteiger partial charge in [0, 0.05) is 6.54 Å². The Morgan fingerprint density at radius 3 is 2.28 bits per heavy atom. The smallest absolute Gasteiger partial charge is 0.0651 e. The molecule has 1 atom stereocenters. The molecule has 0 saturated carbocycles. The lowest BCUT2D eigenvalue weighted by atomic mass is 10.2. The molecule has 2 aromatic rings. The summed E-state index contributed by atoms with van der Waals surface area (Å²) < 4.78 is 0. The summed E-state index contributed by atoms with van der Waals surface area (Å²) in [5.41, 5.74) is 4.11. The quantitative estimate of drug-likeness (QED) is 0.729. The van der Waals surface area contributed by atoms with E-state index in [1.54, 1.807) is 0 Å². The standard InChI is InChI=1S/C16H16NP/c1-3-7-14(8-4-1)13-18-12-11-17-16(18)15-9-5-2-6-10-15/h1-10H,11-13H2. The Kier molecular flexibility index (Phi) is 3.52. The fourth-order valence-corrected chi connectivity index (χ4v) is 4.63. The van der Waals surface area contributed by atoms with Crippen LogP contribution in [0.25, 0.3) is 0 Å². The van der Waals surface area contributed by atoms with Crippen LogP contribution in [0.1, 0.15) is 11.1 Å². The van der Waals surface area contributed by atoms with Crippen LogP contribution in [0.4, 0.5) is 0 Å². The highest BCUT2D eigenvalue weighted by molar-refractivity contribution is 7.75. The van der Waals surface area contributed by atoms with Crippen molar-refractivity contribution in [3.63, 3.8) is 0 Å². The van der Waals surface area contributed by atoms with Crippen LogP contribution in [0, 0.1) is 0 Å². The number of rotatable bonds is 3. The molecule has 18 heavy (non-hydrogen) atoms. The minimum Gasteiger partial charge on any atom is -0.284 e. The van der Waals surface area contributed by atoms with E-state index in [9.17, 15) is 0 Å². The van der Waals surface area contributed by atoms with Crippen LogP contribution in [0.3, 0.4) is 0 Å². The van der Waals surface area contributed by atoms with Crippen molar-refractivity contribution in [3.05, 3.63) is 71.8 Å². The summed E-state index contributed by atoms with van der Waals surface area (Å²) in [6.07, 6.45) is 2.42. The van der Waals surface area contributed by atoms with Crippen LogP contribution in [0.5, 0.6) is 0 Å². The van der Waals surface area contributed by atoms with E-state index in [0.29, 0.717) is 0 Å². The Morgan fingerprint density at radius 1 is 0.889 bits per heavy atom. The predicted octanol–water partition coefficient (Wildman–Crippen LogP) is 4.13. The molecule has 1 aliphatic heterocycles. The van der Waals surface area contributed by atoms with Gasteiger partial charge in [0.2, 0.25) is 0 Å². The molecule has 1 heterocycles. The first-order chi connectivity index (χ1) is 8.93. The van der Waals surface area contributed by atoms with E-state index in [1.165, 1.54) is 28.9 Å².